The van der Waals surface area contributed by atoms with Gasteiger partial charge < -0.3 is 9.84 Å². The minimum Gasteiger partial charge on any atom is -0.497 e. The maximum Gasteiger partial charge on any atom is 0.130 e. The van der Waals surface area contributed by atoms with Crippen LogP contribution >= 0.6 is 0 Å². The van der Waals surface area contributed by atoms with E-state index in [1.54, 1.807) is 12.7 Å². The van der Waals surface area contributed by atoms with Gasteiger partial charge in [0.25, 0.3) is 0 Å². The van der Waals surface area contributed by atoms with Crippen LogP contribution in [0.15, 0.2) is 12.1 Å². The molecule has 0 heterocycles. The molecule has 0 bridgehead atoms. The van der Waals surface area contributed by atoms with E-state index in [1.165, 1.54) is 17.5 Å². The molecule has 3 aliphatic rings. The molecule has 0 aliphatic heterocycles. The summed E-state index contributed by atoms with van der Waals surface area (Å²) in [4.78, 5) is 0. The lowest BCUT2D eigenvalue weighted by Crippen LogP contribution is -2.50. The number of benzene rings is 1. The summed E-state index contributed by atoms with van der Waals surface area (Å²) in [5.41, 5.74) is 3.39. The third-order valence-electron chi connectivity index (χ3n) is 7.63. The van der Waals surface area contributed by atoms with E-state index in [-0.39, 0.29) is 5.41 Å². The second kappa shape index (κ2) is 5.27. The third-order valence-corrected chi connectivity index (χ3v) is 7.63. The van der Waals surface area contributed by atoms with Crippen molar-refractivity contribution in [3.8, 4) is 18.1 Å². The van der Waals surface area contributed by atoms with E-state index < -0.39 is 5.60 Å². The molecule has 5 atom stereocenters. The number of ether oxygens (including phenoxy) is 1. The van der Waals surface area contributed by atoms with E-state index in [4.69, 9.17) is 11.2 Å². The van der Waals surface area contributed by atoms with Crippen LogP contribution in [-0.2, 0) is 6.42 Å². The normalized spacial score (nSPS) is 40.2. The molecule has 0 unspecified atom stereocenters. The van der Waals surface area contributed by atoms with Gasteiger partial charge in [-0.15, -0.1) is 6.42 Å². The number of methoxy groups -OCH3 is 1. The Morgan fingerprint density at radius 3 is 2.75 bits per heavy atom. The Kier molecular flexibility index (Phi) is 3.52. The highest BCUT2D eigenvalue weighted by Crippen LogP contribution is 2.64. The molecule has 2 nitrogen and oxygen atoms in total. The Morgan fingerprint density at radius 1 is 1.25 bits per heavy atom. The van der Waals surface area contributed by atoms with Gasteiger partial charge in [-0.1, -0.05) is 12.8 Å². The van der Waals surface area contributed by atoms with Crippen LogP contribution in [0.2, 0.25) is 0 Å². The number of hydrogen-bond acceptors (Lipinski definition) is 2. The van der Waals surface area contributed by atoms with Gasteiger partial charge in [-0.25, -0.2) is 0 Å². The summed E-state index contributed by atoms with van der Waals surface area (Å²) in [6, 6.07) is 4.42. The Hall–Kier alpha value is -1.46. The second-order valence-corrected chi connectivity index (χ2v) is 8.43. The fourth-order valence-electron chi connectivity index (χ4n) is 6.31. The third kappa shape index (κ3) is 1.94. The van der Waals surface area contributed by atoms with Crippen LogP contribution in [0.4, 0.5) is 0 Å². The van der Waals surface area contributed by atoms with Crippen LogP contribution < -0.4 is 4.74 Å². The summed E-state index contributed by atoms with van der Waals surface area (Å²) in [5, 5.41) is 11.0. The predicted molar refractivity (Wildman–Crippen MR) is 96.1 cm³/mol. The van der Waals surface area contributed by atoms with Crippen molar-refractivity contribution in [2.75, 3.05) is 7.11 Å². The molecule has 1 aromatic rings. The summed E-state index contributed by atoms with van der Waals surface area (Å²) >= 11 is 0. The lowest BCUT2D eigenvalue weighted by Gasteiger charge is -2.52. The van der Waals surface area contributed by atoms with Crippen molar-refractivity contribution in [2.45, 2.75) is 63.9 Å². The van der Waals surface area contributed by atoms with Gasteiger partial charge in [0.05, 0.1) is 7.11 Å². The minimum absolute atomic E-state index is 0.110. The number of terminal acetylenes is 1. The molecule has 128 valence electrons. The Balaban J connectivity index is 1.74. The van der Waals surface area contributed by atoms with Crippen molar-refractivity contribution in [1.82, 2.24) is 0 Å². The molecular weight excluding hydrogens is 296 g/mol. The smallest absolute Gasteiger partial charge is 0.130 e. The predicted octanol–water partition coefficient (Wildman–Crippen LogP) is 4.22. The Morgan fingerprint density at radius 2 is 2.04 bits per heavy atom. The molecular formula is C22H28O2. The molecule has 2 heteroatoms. The molecule has 3 aliphatic carbocycles. The quantitative estimate of drug-likeness (QED) is 0.784. The van der Waals surface area contributed by atoms with E-state index in [1.807, 2.05) is 0 Å². The molecule has 1 aromatic carbocycles. The van der Waals surface area contributed by atoms with Crippen LogP contribution in [0.5, 0.6) is 5.75 Å². The molecule has 0 amide bonds. The Bertz CT molecular complexity index is 715. The maximum atomic E-state index is 11.0. The van der Waals surface area contributed by atoms with Crippen molar-refractivity contribution in [3.05, 3.63) is 28.8 Å². The van der Waals surface area contributed by atoms with Gasteiger partial charge in [0.1, 0.15) is 11.4 Å². The van der Waals surface area contributed by atoms with Gasteiger partial charge in [-0.3, -0.25) is 0 Å². The van der Waals surface area contributed by atoms with E-state index in [0.29, 0.717) is 17.8 Å². The van der Waals surface area contributed by atoms with Gasteiger partial charge in [0.15, 0.2) is 0 Å². The van der Waals surface area contributed by atoms with Gasteiger partial charge in [0.2, 0.25) is 0 Å². The van der Waals surface area contributed by atoms with Gasteiger partial charge in [0, 0.05) is 5.41 Å². The largest absolute Gasteiger partial charge is 0.497 e. The zero-order chi connectivity index (χ0) is 17.1. The van der Waals surface area contributed by atoms with Crippen LogP contribution in [-0.4, -0.2) is 17.8 Å². The summed E-state index contributed by atoms with van der Waals surface area (Å²) in [6.45, 7) is 4.47. The van der Waals surface area contributed by atoms with Crippen molar-refractivity contribution < 1.29 is 9.84 Å². The SMILES string of the molecule is C#C[C@]1(O)CC[C@@H]2[C@H]3CCc4cc(OC)cc(C)c4[C@@H]3CC[C@@]21C. The monoisotopic (exact) mass is 324 g/mol. The van der Waals surface area contributed by atoms with E-state index >= 15 is 0 Å². The summed E-state index contributed by atoms with van der Waals surface area (Å²) < 4.78 is 5.47. The lowest BCUT2D eigenvalue weighted by atomic mass is 9.53. The lowest BCUT2D eigenvalue weighted by molar-refractivity contribution is -0.0647. The van der Waals surface area contributed by atoms with E-state index in [2.05, 4.69) is 31.9 Å². The second-order valence-electron chi connectivity index (χ2n) is 8.43. The number of aryl methyl sites for hydroxylation is 2. The number of rotatable bonds is 1. The van der Waals surface area contributed by atoms with Gasteiger partial charge >= 0.3 is 0 Å². The van der Waals surface area contributed by atoms with Crippen LogP contribution in [0.25, 0.3) is 0 Å². The molecule has 0 aromatic heterocycles. The first-order valence-corrected chi connectivity index (χ1v) is 9.31. The van der Waals surface area contributed by atoms with E-state index in [9.17, 15) is 5.11 Å². The average Bonchev–Trinajstić information content (AvgIpc) is 2.86. The summed E-state index contributed by atoms with van der Waals surface area (Å²) in [5.74, 6) is 5.57. The standard InChI is InChI=1S/C22H28O2/c1-5-22(23)11-9-19-17-7-6-15-13-16(24-4)12-14(2)20(15)18(17)8-10-21(19,22)3/h1,12-13,17-19,23H,6-11H2,2-4H3/t17-,18+,19+,21-,22-/m0/s1. The van der Waals surface area contributed by atoms with Crippen LogP contribution in [0.3, 0.4) is 0 Å². The van der Waals surface area contributed by atoms with Crippen molar-refractivity contribution >= 4 is 0 Å². The molecule has 0 radical (unpaired) electrons. The zero-order valence-corrected chi connectivity index (χ0v) is 15.1. The maximum absolute atomic E-state index is 11.0. The minimum atomic E-state index is -0.905. The molecule has 4 rings (SSSR count). The average molecular weight is 324 g/mol. The number of fused-ring (bicyclic) bond motifs is 5. The molecule has 24 heavy (non-hydrogen) atoms. The zero-order valence-electron chi connectivity index (χ0n) is 15.1. The molecule has 2 fully saturated rings. The van der Waals surface area contributed by atoms with Gasteiger partial charge in [-0.05, 0) is 92.0 Å². The highest BCUT2D eigenvalue weighted by Gasteiger charge is 2.61. The molecule has 0 spiro atoms. The summed E-state index contributed by atoms with van der Waals surface area (Å²) in [6.07, 6.45) is 12.1. The summed E-state index contributed by atoms with van der Waals surface area (Å²) in [7, 11) is 1.75. The van der Waals surface area contributed by atoms with Crippen LogP contribution in [0, 0.1) is 36.5 Å². The van der Waals surface area contributed by atoms with Crippen LogP contribution in [0.1, 0.15) is 61.6 Å². The highest BCUT2D eigenvalue weighted by molar-refractivity contribution is 5.46. The van der Waals surface area contributed by atoms with Gasteiger partial charge in [-0.2, -0.15) is 0 Å². The first-order chi connectivity index (χ1) is 11.4. The first-order valence-electron chi connectivity index (χ1n) is 9.31. The number of hydrogen-bond donors (Lipinski definition) is 1. The van der Waals surface area contributed by atoms with Crippen molar-refractivity contribution in [2.24, 2.45) is 17.3 Å². The molecule has 2 saturated carbocycles. The first kappa shape index (κ1) is 16.0. The topological polar surface area (TPSA) is 29.5 Å². The molecule has 1 N–H and O–H groups in total. The number of aliphatic hydroxyl groups is 1. The fourth-order valence-corrected chi connectivity index (χ4v) is 6.31. The highest BCUT2D eigenvalue weighted by atomic mass is 16.5. The van der Waals surface area contributed by atoms with Crippen molar-refractivity contribution in [3.63, 3.8) is 0 Å². The molecule has 0 saturated heterocycles. The van der Waals surface area contributed by atoms with Crippen molar-refractivity contribution in [1.29, 1.82) is 0 Å². The Labute approximate surface area is 145 Å². The fraction of sp³-hybridized carbons (Fsp3) is 0.636. The van der Waals surface area contributed by atoms with E-state index in [0.717, 1.165) is 37.9 Å².